The first-order valence-corrected chi connectivity index (χ1v) is 14.0. The van der Waals surface area contributed by atoms with Crippen molar-refractivity contribution >= 4 is 29.7 Å². The van der Waals surface area contributed by atoms with E-state index in [-0.39, 0.29) is 52.1 Å². The fourth-order valence-electron chi connectivity index (χ4n) is 4.03. The van der Waals surface area contributed by atoms with Gasteiger partial charge in [0.1, 0.15) is 68.7 Å². The van der Waals surface area contributed by atoms with Gasteiger partial charge in [0, 0.05) is 30.7 Å². The van der Waals surface area contributed by atoms with Crippen LogP contribution in [0.25, 0.3) is 12.2 Å². The number of hydrogen-bond acceptors (Lipinski definition) is 11. The molecule has 0 fully saturated rings. The zero-order valence-corrected chi connectivity index (χ0v) is 26.7. The molecule has 2 heterocycles. The number of methoxy groups -OCH3 is 4. The quantitative estimate of drug-likeness (QED) is 0.0744. The minimum absolute atomic E-state index is 0.0813. The molecular weight excluding hydrogens is 596 g/mol. The van der Waals surface area contributed by atoms with Gasteiger partial charge in [-0.1, -0.05) is 6.92 Å². The number of ether oxygens (including phenoxy) is 5. The number of aromatic hydroxyl groups is 1. The predicted molar refractivity (Wildman–Crippen MR) is 170 cm³/mol. The fourth-order valence-corrected chi connectivity index (χ4v) is 4.03. The van der Waals surface area contributed by atoms with Crippen molar-refractivity contribution in [1.29, 1.82) is 0 Å². The molecule has 0 unspecified atom stereocenters. The molecule has 0 saturated heterocycles. The van der Waals surface area contributed by atoms with Crippen molar-refractivity contribution in [2.45, 2.75) is 27.2 Å². The molecule has 11 heteroatoms. The maximum Gasteiger partial charge on any atom is 0.310 e. The Balaban J connectivity index is 0.000000254. The SMILES string of the molecule is CCC(=O)Oc1cc(OC)cc(OC)c1C(=O)/C=C/c1ccc(C)o1.COc1cc(O)c(C(=O)/C=C/c2ccc(C)o2)c(OC)c1. The smallest absolute Gasteiger partial charge is 0.310 e. The lowest BCUT2D eigenvalue weighted by molar-refractivity contribution is -0.134. The second kappa shape index (κ2) is 16.4. The van der Waals surface area contributed by atoms with Crippen LogP contribution in [0.4, 0.5) is 0 Å². The third kappa shape index (κ3) is 9.15. The zero-order chi connectivity index (χ0) is 33.8. The molecule has 0 bridgehead atoms. The average molecular weight is 633 g/mol. The van der Waals surface area contributed by atoms with E-state index in [9.17, 15) is 19.5 Å². The first kappa shape index (κ1) is 34.8. The molecule has 0 spiro atoms. The second-order valence-electron chi connectivity index (χ2n) is 9.55. The van der Waals surface area contributed by atoms with Gasteiger partial charge in [0.15, 0.2) is 11.6 Å². The number of carbonyl (C=O) groups is 3. The number of carbonyl (C=O) groups excluding carboxylic acids is 3. The third-order valence-electron chi connectivity index (χ3n) is 6.33. The highest BCUT2D eigenvalue weighted by atomic mass is 16.5. The molecular formula is C35H36O11. The average Bonchev–Trinajstić information content (AvgIpc) is 3.68. The van der Waals surface area contributed by atoms with E-state index in [0.717, 1.165) is 11.5 Å². The van der Waals surface area contributed by atoms with Crippen LogP contribution >= 0.6 is 0 Å². The van der Waals surface area contributed by atoms with E-state index in [4.69, 9.17) is 32.5 Å². The molecule has 4 rings (SSSR count). The number of aryl methyl sites for hydroxylation is 2. The highest BCUT2D eigenvalue weighted by Crippen LogP contribution is 2.36. The Labute approximate surface area is 266 Å². The number of ketones is 2. The summed E-state index contributed by atoms with van der Waals surface area (Å²) in [5.74, 6) is 2.59. The second-order valence-corrected chi connectivity index (χ2v) is 9.55. The van der Waals surface area contributed by atoms with Crippen molar-refractivity contribution in [3.05, 3.63) is 94.9 Å². The summed E-state index contributed by atoms with van der Waals surface area (Å²) in [6.07, 6.45) is 5.92. The van der Waals surface area contributed by atoms with Gasteiger partial charge in [-0.05, 0) is 62.4 Å². The van der Waals surface area contributed by atoms with Gasteiger partial charge in [0.25, 0.3) is 0 Å². The van der Waals surface area contributed by atoms with E-state index in [1.165, 1.54) is 58.8 Å². The number of furan rings is 2. The number of benzene rings is 2. The molecule has 0 saturated carbocycles. The fraction of sp³-hybridized carbons (Fsp3) is 0.229. The van der Waals surface area contributed by atoms with Gasteiger partial charge in [-0.25, -0.2) is 0 Å². The van der Waals surface area contributed by atoms with Crippen LogP contribution in [0.5, 0.6) is 34.5 Å². The van der Waals surface area contributed by atoms with E-state index in [2.05, 4.69) is 0 Å². The number of phenolic OH excluding ortho intramolecular Hbond substituents is 1. The Hall–Kier alpha value is -5.71. The molecule has 0 radical (unpaired) electrons. The lowest BCUT2D eigenvalue weighted by atomic mass is 10.1. The number of esters is 1. The molecule has 0 amide bonds. The van der Waals surface area contributed by atoms with Gasteiger partial charge in [-0.2, -0.15) is 0 Å². The molecule has 2 aromatic carbocycles. The molecule has 2 aromatic heterocycles. The summed E-state index contributed by atoms with van der Waals surface area (Å²) < 4.78 is 36.6. The van der Waals surface area contributed by atoms with E-state index >= 15 is 0 Å². The van der Waals surface area contributed by atoms with E-state index in [1.54, 1.807) is 49.4 Å². The molecule has 0 aliphatic heterocycles. The van der Waals surface area contributed by atoms with E-state index < -0.39 is 5.97 Å². The maximum atomic E-state index is 12.7. The summed E-state index contributed by atoms with van der Waals surface area (Å²) in [7, 11) is 5.79. The Bertz CT molecular complexity index is 1740. The first-order valence-electron chi connectivity index (χ1n) is 14.0. The summed E-state index contributed by atoms with van der Waals surface area (Å²) in [5.41, 5.74) is 0.224. The van der Waals surface area contributed by atoms with Crippen LogP contribution in [-0.4, -0.2) is 51.1 Å². The molecule has 0 aliphatic rings. The van der Waals surface area contributed by atoms with Gasteiger partial charge in [-0.3, -0.25) is 14.4 Å². The molecule has 0 atom stereocenters. The molecule has 46 heavy (non-hydrogen) atoms. The number of rotatable bonds is 12. The first-order chi connectivity index (χ1) is 22.0. The van der Waals surface area contributed by atoms with Crippen molar-refractivity contribution in [3.63, 3.8) is 0 Å². The third-order valence-corrected chi connectivity index (χ3v) is 6.33. The standard InChI is InChI=1S/C19H20O6.C16H16O5/c1-5-18(21)25-17-11-14(22-3)10-16(23-4)19(17)15(20)9-8-13-7-6-12(2)24-13;1-10-4-5-11(21-10)6-7-13(17)16-14(18)8-12(19-2)9-15(16)20-3/h6-11H,5H2,1-4H3;4-9,18H,1-3H3/b9-8+;7-6+. The van der Waals surface area contributed by atoms with Crippen molar-refractivity contribution in [1.82, 2.24) is 0 Å². The largest absolute Gasteiger partial charge is 0.507 e. The highest BCUT2D eigenvalue weighted by Gasteiger charge is 2.21. The summed E-state index contributed by atoms with van der Waals surface area (Å²) in [6.45, 7) is 5.30. The summed E-state index contributed by atoms with van der Waals surface area (Å²) in [4.78, 5) is 36.6. The predicted octanol–water partition coefficient (Wildman–Crippen LogP) is 7.02. The molecule has 0 aliphatic carbocycles. The number of hydrogen-bond donors (Lipinski definition) is 1. The van der Waals surface area contributed by atoms with Crippen molar-refractivity contribution < 1.29 is 52.0 Å². The van der Waals surface area contributed by atoms with E-state index in [1.807, 2.05) is 13.8 Å². The summed E-state index contributed by atoms with van der Waals surface area (Å²) in [6, 6.07) is 13.0. The minimum atomic E-state index is -0.463. The van der Waals surface area contributed by atoms with Crippen molar-refractivity contribution in [2.24, 2.45) is 0 Å². The van der Waals surface area contributed by atoms with Crippen LogP contribution in [0.15, 0.2) is 69.5 Å². The molecule has 242 valence electrons. The summed E-state index contributed by atoms with van der Waals surface area (Å²) in [5, 5.41) is 9.97. The monoisotopic (exact) mass is 632 g/mol. The Morgan fingerprint density at radius 2 is 1.13 bits per heavy atom. The van der Waals surface area contributed by atoms with Crippen molar-refractivity contribution in [3.8, 4) is 34.5 Å². The van der Waals surface area contributed by atoms with Crippen LogP contribution in [0.3, 0.4) is 0 Å². The maximum absolute atomic E-state index is 12.7. The van der Waals surface area contributed by atoms with Crippen LogP contribution in [0.1, 0.15) is 57.1 Å². The van der Waals surface area contributed by atoms with Crippen molar-refractivity contribution in [2.75, 3.05) is 28.4 Å². The van der Waals surface area contributed by atoms with Gasteiger partial charge in [-0.15, -0.1) is 0 Å². The highest BCUT2D eigenvalue weighted by molar-refractivity contribution is 6.11. The van der Waals surface area contributed by atoms with Crippen LogP contribution < -0.4 is 23.7 Å². The normalized spacial score (nSPS) is 10.8. The minimum Gasteiger partial charge on any atom is -0.507 e. The molecule has 4 aromatic rings. The number of allylic oxidation sites excluding steroid dienone is 2. The van der Waals surface area contributed by atoms with Gasteiger partial charge < -0.3 is 37.6 Å². The van der Waals surface area contributed by atoms with Gasteiger partial charge in [0.05, 0.1) is 28.4 Å². The zero-order valence-electron chi connectivity index (χ0n) is 26.7. The Morgan fingerprint density at radius 1 is 0.674 bits per heavy atom. The van der Waals surface area contributed by atoms with Crippen LogP contribution in [-0.2, 0) is 4.79 Å². The van der Waals surface area contributed by atoms with Gasteiger partial charge >= 0.3 is 5.97 Å². The van der Waals surface area contributed by atoms with Crippen LogP contribution in [0.2, 0.25) is 0 Å². The Kier molecular flexibility index (Phi) is 12.4. The van der Waals surface area contributed by atoms with Gasteiger partial charge in [0.2, 0.25) is 0 Å². The lowest BCUT2D eigenvalue weighted by Gasteiger charge is -2.13. The lowest BCUT2D eigenvalue weighted by Crippen LogP contribution is -2.10. The van der Waals surface area contributed by atoms with E-state index in [0.29, 0.717) is 23.0 Å². The Morgan fingerprint density at radius 3 is 1.57 bits per heavy atom. The molecule has 11 nitrogen and oxygen atoms in total. The number of phenols is 1. The topological polar surface area (TPSA) is 144 Å². The molecule has 1 N–H and O–H groups in total. The summed E-state index contributed by atoms with van der Waals surface area (Å²) >= 11 is 0. The van der Waals surface area contributed by atoms with Crippen LogP contribution in [0, 0.1) is 13.8 Å².